The number of nitrogens with zero attached hydrogens (tertiary/aromatic N) is 1. The van der Waals surface area contributed by atoms with Crippen LogP contribution in [-0.2, 0) is 0 Å². The van der Waals surface area contributed by atoms with E-state index in [1.807, 2.05) is 6.92 Å². The van der Waals surface area contributed by atoms with Crippen molar-refractivity contribution in [2.45, 2.75) is 6.92 Å². The van der Waals surface area contributed by atoms with Gasteiger partial charge in [0.25, 0.3) is 5.69 Å². The third kappa shape index (κ3) is 3.44. The maximum atomic E-state index is 13.3. The minimum Gasteiger partial charge on any atom is -0.494 e. The van der Waals surface area contributed by atoms with Crippen LogP contribution in [0.1, 0.15) is 6.92 Å². The van der Waals surface area contributed by atoms with E-state index in [1.165, 1.54) is 6.07 Å². The van der Waals surface area contributed by atoms with E-state index in [2.05, 4.69) is 0 Å². The second kappa shape index (κ2) is 6.01. The van der Waals surface area contributed by atoms with Gasteiger partial charge in [0.1, 0.15) is 23.1 Å². The highest BCUT2D eigenvalue weighted by atomic mass is 19.1. The lowest BCUT2D eigenvalue weighted by atomic mass is 10.3. The van der Waals surface area contributed by atoms with Crippen LogP contribution in [0.3, 0.4) is 0 Å². The monoisotopic (exact) mass is 277 g/mol. The van der Waals surface area contributed by atoms with Crippen LogP contribution in [0.15, 0.2) is 42.5 Å². The molecule has 104 valence electrons. The Morgan fingerprint density at radius 1 is 1.10 bits per heavy atom. The van der Waals surface area contributed by atoms with Crippen molar-refractivity contribution in [2.75, 3.05) is 6.61 Å². The number of nitro benzene ring substituents is 1. The average molecular weight is 277 g/mol. The Kier molecular flexibility index (Phi) is 4.14. The highest BCUT2D eigenvalue weighted by molar-refractivity contribution is 5.42. The molecule has 2 aromatic rings. The van der Waals surface area contributed by atoms with Gasteiger partial charge in [-0.3, -0.25) is 10.1 Å². The maximum absolute atomic E-state index is 13.3. The van der Waals surface area contributed by atoms with Crippen LogP contribution >= 0.6 is 0 Å². The van der Waals surface area contributed by atoms with Gasteiger partial charge in [0, 0.05) is 6.07 Å². The summed E-state index contributed by atoms with van der Waals surface area (Å²) in [4.78, 5) is 9.97. The van der Waals surface area contributed by atoms with Crippen LogP contribution in [0.2, 0.25) is 0 Å². The number of rotatable bonds is 5. The van der Waals surface area contributed by atoms with E-state index < -0.39 is 10.7 Å². The summed E-state index contributed by atoms with van der Waals surface area (Å²) in [5.41, 5.74) is -0.356. The summed E-state index contributed by atoms with van der Waals surface area (Å²) in [6.07, 6.45) is 0. The van der Waals surface area contributed by atoms with Gasteiger partial charge in [-0.05, 0) is 31.2 Å². The number of hydrogen-bond acceptors (Lipinski definition) is 4. The zero-order chi connectivity index (χ0) is 14.5. The van der Waals surface area contributed by atoms with Gasteiger partial charge in [0.15, 0.2) is 0 Å². The van der Waals surface area contributed by atoms with E-state index in [9.17, 15) is 14.5 Å². The molecule has 2 aromatic carbocycles. The molecule has 0 bridgehead atoms. The molecule has 0 amide bonds. The van der Waals surface area contributed by atoms with Gasteiger partial charge in [-0.15, -0.1) is 0 Å². The van der Waals surface area contributed by atoms with Crippen molar-refractivity contribution in [1.29, 1.82) is 0 Å². The zero-order valence-electron chi connectivity index (χ0n) is 10.7. The first-order valence-electron chi connectivity index (χ1n) is 5.94. The molecule has 0 aliphatic heterocycles. The minimum absolute atomic E-state index is 0.0702. The van der Waals surface area contributed by atoms with E-state index in [-0.39, 0.29) is 11.4 Å². The molecule has 0 saturated carbocycles. The fraction of sp³-hybridized carbons (Fsp3) is 0.143. The van der Waals surface area contributed by atoms with Crippen LogP contribution in [0.25, 0.3) is 0 Å². The van der Waals surface area contributed by atoms with Gasteiger partial charge < -0.3 is 9.47 Å². The Bertz CT molecular complexity index is 613. The highest BCUT2D eigenvalue weighted by Gasteiger charge is 2.11. The molecule has 0 aliphatic rings. The molecule has 0 spiro atoms. The first kappa shape index (κ1) is 13.8. The Morgan fingerprint density at radius 3 is 2.35 bits per heavy atom. The highest BCUT2D eigenvalue weighted by Crippen LogP contribution is 2.27. The normalized spacial score (nSPS) is 10.1. The second-order valence-corrected chi connectivity index (χ2v) is 3.91. The van der Waals surface area contributed by atoms with Crippen LogP contribution < -0.4 is 9.47 Å². The molecule has 20 heavy (non-hydrogen) atoms. The Balaban J connectivity index is 2.19. The van der Waals surface area contributed by atoms with E-state index in [4.69, 9.17) is 9.47 Å². The number of benzene rings is 2. The van der Waals surface area contributed by atoms with Crippen LogP contribution in [0, 0.1) is 15.9 Å². The van der Waals surface area contributed by atoms with E-state index in [0.717, 1.165) is 12.1 Å². The topological polar surface area (TPSA) is 61.6 Å². The van der Waals surface area contributed by atoms with Crippen molar-refractivity contribution >= 4 is 5.69 Å². The third-order valence-electron chi connectivity index (χ3n) is 2.44. The second-order valence-electron chi connectivity index (χ2n) is 3.91. The lowest BCUT2D eigenvalue weighted by molar-refractivity contribution is -0.385. The quantitative estimate of drug-likeness (QED) is 0.613. The molecule has 5 nitrogen and oxygen atoms in total. The smallest absolute Gasteiger partial charge is 0.276 e. The summed E-state index contributed by atoms with van der Waals surface area (Å²) in [7, 11) is 0. The largest absolute Gasteiger partial charge is 0.494 e. The van der Waals surface area contributed by atoms with Crippen molar-refractivity contribution in [3.63, 3.8) is 0 Å². The molecule has 0 atom stereocenters. The van der Waals surface area contributed by atoms with Gasteiger partial charge in [0.2, 0.25) is 0 Å². The van der Waals surface area contributed by atoms with Crippen molar-refractivity contribution in [3.05, 3.63) is 58.4 Å². The molecule has 0 saturated heterocycles. The Hall–Kier alpha value is -2.63. The molecular formula is C14H12FNO4. The van der Waals surface area contributed by atoms with Gasteiger partial charge in [-0.25, -0.2) is 4.39 Å². The number of ether oxygens (including phenoxy) is 2. The Morgan fingerprint density at radius 2 is 1.75 bits per heavy atom. The van der Waals surface area contributed by atoms with Crippen molar-refractivity contribution < 1.29 is 18.8 Å². The first-order valence-corrected chi connectivity index (χ1v) is 5.94. The fourth-order valence-electron chi connectivity index (χ4n) is 1.62. The predicted octanol–water partition coefficient (Wildman–Crippen LogP) is 3.92. The first-order chi connectivity index (χ1) is 9.58. The van der Waals surface area contributed by atoms with Gasteiger partial charge in [-0.2, -0.15) is 0 Å². The van der Waals surface area contributed by atoms with Crippen LogP contribution in [0.4, 0.5) is 10.1 Å². The average Bonchev–Trinajstić information content (AvgIpc) is 2.40. The van der Waals surface area contributed by atoms with Crippen LogP contribution in [-0.4, -0.2) is 11.5 Å². The number of nitro groups is 1. The summed E-state index contributed by atoms with van der Waals surface area (Å²) in [6, 6.07) is 9.77. The predicted molar refractivity (Wildman–Crippen MR) is 70.7 cm³/mol. The molecule has 0 aromatic heterocycles. The molecule has 0 heterocycles. The minimum atomic E-state index is -0.722. The van der Waals surface area contributed by atoms with Gasteiger partial charge >= 0.3 is 0 Å². The fourth-order valence-corrected chi connectivity index (χ4v) is 1.62. The van der Waals surface area contributed by atoms with Crippen molar-refractivity contribution in [1.82, 2.24) is 0 Å². The van der Waals surface area contributed by atoms with Gasteiger partial charge in [0.05, 0.1) is 23.7 Å². The van der Waals surface area contributed by atoms with Crippen molar-refractivity contribution in [3.8, 4) is 17.2 Å². The lowest BCUT2D eigenvalue weighted by Crippen LogP contribution is -1.93. The SMILES string of the molecule is CCOc1ccc(Oc2cc(F)cc([N+](=O)[O-])c2)cc1. The van der Waals surface area contributed by atoms with Crippen LogP contribution in [0.5, 0.6) is 17.2 Å². The molecule has 0 N–H and O–H groups in total. The van der Waals surface area contributed by atoms with E-state index in [1.54, 1.807) is 24.3 Å². The molecule has 6 heteroatoms. The van der Waals surface area contributed by atoms with E-state index in [0.29, 0.717) is 18.1 Å². The van der Waals surface area contributed by atoms with E-state index >= 15 is 0 Å². The molecule has 0 aliphatic carbocycles. The molecule has 0 radical (unpaired) electrons. The summed E-state index contributed by atoms with van der Waals surface area (Å²) >= 11 is 0. The molecular weight excluding hydrogens is 265 g/mol. The number of halogens is 1. The third-order valence-corrected chi connectivity index (χ3v) is 2.44. The molecule has 2 rings (SSSR count). The maximum Gasteiger partial charge on any atom is 0.276 e. The number of hydrogen-bond donors (Lipinski definition) is 0. The lowest BCUT2D eigenvalue weighted by Gasteiger charge is -2.07. The summed E-state index contributed by atoms with van der Waals surface area (Å²) in [5, 5.41) is 10.6. The summed E-state index contributed by atoms with van der Waals surface area (Å²) in [6.45, 7) is 2.42. The van der Waals surface area contributed by atoms with Gasteiger partial charge in [-0.1, -0.05) is 0 Å². The molecule has 0 unspecified atom stereocenters. The standard InChI is InChI=1S/C14H12FNO4/c1-2-19-12-3-5-13(6-4-12)20-14-8-10(15)7-11(9-14)16(17)18/h3-9H,2H2,1H3. The molecule has 0 fully saturated rings. The Labute approximate surface area is 114 Å². The number of non-ortho nitro benzene ring substituents is 1. The summed E-state index contributed by atoms with van der Waals surface area (Å²) in [5.74, 6) is 0.472. The van der Waals surface area contributed by atoms with Crippen molar-refractivity contribution in [2.24, 2.45) is 0 Å². The zero-order valence-corrected chi connectivity index (χ0v) is 10.7. The summed E-state index contributed by atoms with van der Waals surface area (Å²) < 4.78 is 23.9.